The van der Waals surface area contributed by atoms with Crippen molar-refractivity contribution in [3.63, 3.8) is 0 Å². The molecule has 1 saturated carbocycles. The number of ketones is 1. The van der Waals surface area contributed by atoms with Gasteiger partial charge in [-0.1, -0.05) is 0 Å². The van der Waals surface area contributed by atoms with Crippen LogP contribution in [0.2, 0.25) is 0 Å². The average molecular weight is 239 g/mol. The smallest absolute Gasteiger partial charge is 0.410 e. The molecule has 1 atom stereocenters. The van der Waals surface area contributed by atoms with E-state index in [0.717, 1.165) is 12.8 Å². The number of likely N-dealkylation sites (tertiary alicyclic amines) is 1. The Morgan fingerprint density at radius 3 is 2.53 bits per heavy atom. The van der Waals surface area contributed by atoms with Gasteiger partial charge in [0.2, 0.25) is 0 Å². The van der Waals surface area contributed by atoms with Crippen LogP contribution in [0.3, 0.4) is 0 Å². The minimum Gasteiger partial charge on any atom is -0.444 e. The van der Waals surface area contributed by atoms with E-state index in [1.165, 1.54) is 0 Å². The van der Waals surface area contributed by atoms with E-state index in [0.29, 0.717) is 31.2 Å². The molecule has 0 unspecified atom stereocenters. The van der Waals surface area contributed by atoms with Gasteiger partial charge in [-0.05, 0) is 39.5 Å². The van der Waals surface area contributed by atoms with Crippen molar-refractivity contribution in [3.05, 3.63) is 0 Å². The average Bonchev–Trinajstić information content (AvgIpc) is 2.99. The summed E-state index contributed by atoms with van der Waals surface area (Å²) in [6.07, 6.45) is 2.48. The van der Waals surface area contributed by atoms with E-state index in [1.54, 1.807) is 4.90 Å². The van der Waals surface area contributed by atoms with Crippen molar-refractivity contribution in [1.82, 2.24) is 4.90 Å². The van der Waals surface area contributed by atoms with Crippen LogP contribution in [-0.4, -0.2) is 35.5 Å². The maximum Gasteiger partial charge on any atom is 0.410 e. The largest absolute Gasteiger partial charge is 0.444 e. The van der Waals surface area contributed by atoms with Gasteiger partial charge in [0.05, 0.1) is 0 Å². The number of carbonyl (C=O) groups is 2. The van der Waals surface area contributed by atoms with Gasteiger partial charge in [0, 0.05) is 25.4 Å². The number of rotatable bonds is 1. The maximum absolute atomic E-state index is 11.9. The first kappa shape index (κ1) is 12.4. The van der Waals surface area contributed by atoms with Crippen molar-refractivity contribution < 1.29 is 14.3 Å². The van der Waals surface area contributed by atoms with Gasteiger partial charge < -0.3 is 9.64 Å². The van der Waals surface area contributed by atoms with Crippen LogP contribution in [-0.2, 0) is 9.53 Å². The molecule has 0 bridgehead atoms. The van der Waals surface area contributed by atoms with Crippen molar-refractivity contribution >= 4 is 11.9 Å². The summed E-state index contributed by atoms with van der Waals surface area (Å²) >= 11 is 0. The molecule has 0 N–H and O–H groups in total. The predicted molar refractivity (Wildman–Crippen MR) is 63.6 cm³/mol. The second kappa shape index (κ2) is 4.31. The second-order valence-electron chi connectivity index (χ2n) is 6.09. The lowest BCUT2D eigenvalue weighted by molar-refractivity contribution is -0.126. The van der Waals surface area contributed by atoms with Crippen molar-refractivity contribution in [3.8, 4) is 0 Å². The number of amides is 1. The quantitative estimate of drug-likeness (QED) is 0.705. The van der Waals surface area contributed by atoms with E-state index < -0.39 is 5.60 Å². The van der Waals surface area contributed by atoms with Gasteiger partial charge in [-0.3, -0.25) is 4.79 Å². The molecule has 4 nitrogen and oxygen atoms in total. The molecule has 1 saturated heterocycles. The molecule has 0 spiro atoms. The minimum absolute atomic E-state index is 0.0660. The van der Waals surface area contributed by atoms with Crippen LogP contribution in [0.4, 0.5) is 4.79 Å². The third-order valence-electron chi connectivity index (χ3n) is 3.30. The highest BCUT2D eigenvalue weighted by Crippen LogP contribution is 2.39. The Balaban J connectivity index is 1.93. The zero-order chi connectivity index (χ0) is 12.6. The summed E-state index contributed by atoms with van der Waals surface area (Å²) in [4.78, 5) is 25.3. The normalized spacial score (nSPS) is 25.9. The van der Waals surface area contributed by atoms with Gasteiger partial charge in [0.15, 0.2) is 0 Å². The molecule has 2 fully saturated rings. The van der Waals surface area contributed by atoms with Crippen LogP contribution in [0.15, 0.2) is 0 Å². The van der Waals surface area contributed by atoms with Gasteiger partial charge in [0.1, 0.15) is 11.4 Å². The number of hydrogen-bond donors (Lipinski definition) is 0. The van der Waals surface area contributed by atoms with Crippen molar-refractivity contribution in [2.75, 3.05) is 13.1 Å². The Hall–Kier alpha value is -1.06. The fraction of sp³-hybridized carbons (Fsp3) is 0.846. The molecule has 0 aromatic carbocycles. The molecule has 0 aromatic rings. The third kappa shape index (κ3) is 3.20. The molecule has 0 radical (unpaired) electrons. The number of ether oxygens (including phenoxy) is 1. The molecule has 1 aliphatic carbocycles. The zero-order valence-electron chi connectivity index (χ0n) is 10.9. The topological polar surface area (TPSA) is 46.6 Å². The van der Waals surface area contributed by atoms with Crippen LogP contribution in [0.5, 0.6) is 0 Å². The molecular weight excluding hydrogens is 218 g/mol. The Morgan fingerprint density at radius 1 is 1.35 bits per heavy atom. The van der Waals surface area contributed by atoms with E-state index in [2.05, 4.69) is 0 Å². The summed E-state index contributed by atoms with van der Waals surface area (Å²) in [7, 11) is 0. The first-order valence-electron chi connectivity index (χ1n) is 6.37. The van der Waals surface area contributed by atoms with E-state index in [1.807, 2.05) is 20.8 Å². The van der Waals surface area contributed by atoms with Crippen molar-refractivity contribution in [1.29, 1.82) is 0 Å². The minimum atomic E-state index is -0.465. The second-order valence-corrected chi connectivity index (χ2v) is 6.09. The molecule has 0 aromatic heterocycles. The van der Waals surface area contributed by atoms with Crippen LogP contribution < -0.4 is 0 Å². The lowest BCUT2D eigenvalue weighted by Crippen LogP contribution is -2.46. The molecule has 4 heteroatoms. The summed E-state index contributed by atoms with van der Waals surface area (Å²) in [5.74, 6) is 0.913. The summed E-state index contributed by atoms with van der Waals surface area (Å²) in [5, 5.41) is 0. The number of carbonyl (C=O) groups excluding carboxylic acids is 2. The van der Waals surface area contributed by atoms with Crippen LogP contribution in [0.25, 0.3) is 0 Å². The molecule has 96 valence electrons. The highest BCUT2D eigenvalue weighted by Gasteiger charge is 2.41. The molecule has 1 aliphatic heterocycles. The van der Waals surface area contributed by atoms with Crippen molar-refractivity contribution in [2.45, 2.75) is 45.6 Å². The molecular formula is C13H21NO3. The summed E-state index contributed by atoms with van der Waals surface area (Å²) in [6.45, 7) is 6.64. The van der Waals surface area contributed by atoms with Gasteiger partial charge in [0.25, 0.3) is 0 Å². The van der Waals surface area contributed by atoms with Gasteiger partial charge >= 0.3 is 6.09 Å². The Labute approximate surface area is 102 Å². The highest BCUT2D eigenvalue weighted by molar-refractivity contribution is 5.84. The first-order valence-corrected chi connectivity index (χ1v) is 6.37. The predicted octanol–water partition coefficient (Wildman–Crippen LogP) is 2.22. The van der Waals surface area contributed by atoms with Crippen LogP contribution in [0.1, 0.15) is 40.0 Å². The molecule has 1 amide bonds. The Kier molecular flexibility index (Phi) is 3.15. The van der Waals surface area contributed by atoms with E-state index in [-0.39, 0.29) is 12.0 Å². The molecule has 17 heavy (non-hydrogen) atoms. The first-order chi connectivity index (χ1) is 7.87. The van der Waals surface area contributed by atoms with Gasteiger partial charge in [-0.15, -0.1) is 0 Å². The summed E-state index contributed by atoms with van der Waals surface area (Å²) in [5.41, 5.74) is -0.465. The third-order valence-corrected chi connectivity index (χ3v) is 3.30. The van der Waals surface area contributed by atoms with Gasteiger partial charge in [-0.25, -0.2) is 4.79 Å². The fourth-order valence-corrected chi connectivity index (χ4v) is 2.26. The summed E-state index contributed by atoms with van der Waals surface area (Å²) < 4.78 is 5.34. The highest BCUT2D eigenvalue weighted by atomic mass is 16.6. The molecule has 1 heterocycles. The zero-order valence-corrected chi connectivity index (χ0v) is 10.9. The fourth-order valence-electron chi connectivity index (χ4n) is 2.26. The number of piperidine rings is 1. The monoisotopic (exact) mass is 239 g/mol. The number of Topliss-reactive ketones (excluding diaryl/α,β-unsaturated/α-hetero) is 1. The number of hydrogen-bond acceptors (Lipinski definition) is 3. The Bertz CT molecular complexity index is 328. The summed E-state index contributed by atoms with van der Waals surface area (Å²) in [6, 6.07) is 0. The van der Waals surface area contributed by atoms with E-state index in [9.17, 15) is 9.59 Å². The number of nitrogens with zero attached hydrogens (tertiary/aromatic N) is 1. The van der Waals surface area contributed by atoms with Crippen molar-refractivity contribution in [2.24, 2.45) is 11.8 Å². The molecule has 2 rings (SSSR count). The van der Waals surface area contributed by atoms with Crippen LogP contribution >= 0.6 is 0 Å². The lowest BCUT2D eigenvalue weighted by Gasteiger charge is -2.33. The maximum atomic E-state index is 11.9. The standard InChI is InChI=1S/C13H21NO3/c1-13(2,3)17-12(16)14-7-6-11(15)10(8-14)9-4-5-9/h9-10H,4-8H2,1-3H3/t10-/m1/s1. The van der Waals surface area contributed by atoms with E-state index in [4.69, 9.17) is 4.74 Å². The van der Waals surface area contributed by atoms with E-state index >= 15 is 0 Å². The van der Waals surface area contributed by atoms with Gasteiger partial charge in [-0.2, -0.15) is 0 Å². The molecule has 2 aliphatic rings. The Morgan fingerprint density at radius 2 is 2.00 bits per heavy atom. The van der Waals surface area contributed by atoms with Crippen LogP contribution in [0, 0.1) is 11.8 Å². The SMILES string of the molecule is CC(C)(C)OC(=O)N1CCC(=O)[C@@H](C2CC2)C1. The lowest BCUT2D eigenvalue weighted by atomic mass is 9.92.